The van der Waals surface area contributed by atoms with Gasteiger partial charge in [0.2, 0.25) is 0 Å². The third-order valence-electron chi connectivity index (χ3n) is 2.21. The molecule has 16 heavy (non-hydrogen) atoms. The van der Waals surface area contributed by atoms with E-state index < -0.39 is 0 Å². The van der Waals surface area contributed by atoms with Gasteiger partial charge in [-0.1, -0.05) is 11.6 Å². The minimum Gasteiger partial charge on any atom is -0.467 e. The number of hydrogen-bond donors (Lipinski definition) is 1. The highest BCUT2D eigenvalue weighted by Gasteiger charge is 2.19. The zero-order valence-corrected chi connectivity index (χ0v) is 10.8. The second-order valence-corrected chi connectivity index (χ2v) is 5.66. The molecule has 0 saturated carbocycles. The van der Waals surface area contributed by atoms with E-state index >= 15 is 0 Å². The average molecular weight is 256 g/mol. The van der Waals surface area contributed by atoms with E-state index in [4.69, 9.17) is 16.0 Å². The van der Waals surface area contributed by atoms with Crippen LogP contribution in [0.15, 0.2) is 34.9 Å². The molecule has 4 heteroatoms. The van der Waals surface area contributed by atoms with Gasteiger partial charge in [0.15, 0.2) is 0 Å². The van der Waals surface area contributed by atoms with Crippen molar-refractivity contribution in [1.29, 1.82) is 0 Å². The standard InChI is InChI=1S/C12H14ClNOS/c1-8(2)14-12(9-4-3-7-15-9)10-5-6-11(13)16-10/h3-8,12,14H,1-2H3. The monoisotopic (exact) mass is 255 g/mol. The zero-order chi connectivity index (χ0) is 11.5. The molecule has 0 amide bonds. The predicted octanol–water partition coefficient (Wildman–Crippen LogP) is 4.08. The van der Waals surface area contributed by atoms with Gasteiger partial charge in [-0.25, -0.2) is 0 Å². The van der Waals surface area contributed by atoms with Crippen LogP contribution in [0.4, 0.5) is 0 Å². The lowest BCUT2D eigenvalue weighted by Crippen LogP contribution is -2.28. The molecule has 0 saturated heterocycles. The number of furan rings is 1. The van der Waals surface area contributed by atoms with Crippen molar-refractivity contribution in [1.82, 2.24) is 5.32 Å². The molecule has 2 aromatic rings. The van der Waals surface area contributed by atoms with E-state index in [1.165, 1.54) is 4.88 Å². The lowest BCUT2D eigenvalue weighted by molar-refractivity contribution is 0.428. The van der Waals surface area contributed by atoms with Gasteiger partial charge in [0.05, 0.1) is 10.6 Å². The van der Waals surface area contributed by atoms with Crippen LogP contribution in [0.2, 0.25) is 4.34 Å². The van der Waals surface area contributed by atoms with Crippen molar-refractivity contribution in [3.8, 4) is 0 Å². The fraction of sp³-hybridized carbons (Fsp3) is 0.333. The summed E-state index contributed by atoms with van der Waals surface area (Å²) in [4.78, 5) is 1.17. The molecule has 0 aliphatic heterocycles. The first-order chi connectivity index (χ1) is 7.66. The Hall–Kier alpha value is -0.770. The highest BCUT2D eigenvalue weighted by atomic mass is 35.5. The maximum Gasteiger partial charge on any atom is 0.126 e. The van der Waals surface area contributed by atoms with E-state index in [0.717, 1.165) is 10.1 Å². The van der Waals surface area contributed by atoms with E-state index in [0.29, 0.717) is 6.04 Å². The molecule has 0 aliphatic carbocycles. The Balaban J connectivity index is 2.28. The largest absolute Gasteiger partial charge is 0.467 e. The summed E-state index contributed by atoms with van der Waals surface area (Å²) in [5.41, 5.74) is 0. The van der Waals surface area contributed by atoms with Gasteiger partial charge in [0, 0.05) is 10.9 Å². The quantitative estimate of drug-likeness (QED) is 0.891. The summed E-state index contributed by atoms with van der Waals surface area (Å²) < 4.78 is 6.26. The van der Waals surface area contributed by atoms with Crippen LogP contribution in [-0.2, 0) is 0 Å². The van der Waals surface area contributed by atoms with Crippen molar-refractivity contribution >= 4 is 22.9 Å². The van der Waals surface area contributed by atoms with Crippen LogP contribution < -0.4 is 5.32 Å². The van der Waals surface area contributed by atoms with Gasteiger partial charge in [0.1, 0.15) is 11.8 Å². The van der Waals surface area contributed by atoms with Crippen LogP contribution in [0.5, 0.6) is 0 Å². The molecule has 0 bridgehead atoms. The summed E-state index contributed by atoms with van der Waals surface area (Å²) in [6, 6.07) is 8.31. The normalized spacial score (nSPS) is 13.2. The van der Waals surface area contributed by atoms with Crippen LogP contribution in [0.25, 0.3) is 0 Å². The fourth-order valence-corrected chi connectivity index (χ4v) is 2.71. The number of nitrogens with one attached hydrogen (secondary N) is 1. The van der Waals surface area contributed by atoms with E-state index in [-0.39, 0.29) is 6.04 Å². The highest BCUT2D eigenvalue weighted by Crippen LogP contribution is 2.31. The SMILES string of the molecule is CC(C)NC(c1ccco1)c1ccc(Cl)s1. The number of rotatable bonds is 4. The first-order valence-corrected chi connectivity index (χ1v) is 6.41. The van der Waals surface area contributed by atoms with Crippen LogP contribution in [0.3, 0.4) is 0 Å². The van der Waals surface area contributed by atoms with Crippen molar-refractivity contribution < 1.29 is 4.42 Å². The van der Waals surface area contributed by atoms with Crippen molar-refractivity contribution in [2.24, 2.45) is 0 Å². The molecule has 2 nitrogen and oxygen atoms in total. The Labute approximate surface area is 104 Å². The molecule has 0 radical (unpaired) electrons. The molecule has 2 rings (SSSR count). The minimum atomic E-state index is 0.0903. The first kappa shape index (κ1) is 11.7. The summed E-state index contributed by atoms with van der Waals surface area (Å²) in [5.74, 6) is 0.923. The third kappa shape index (κ3) is 2.67. The van der Waals surface area contributed by atoms with Gasteiger partial charge < -0.3 is 9.73 Å². The van der Waals surface area contributed by atoms with E-state index in [1.807, 2.05) is 24.3 Å². The number of thiophene rings is 1. The van der Waals surface area contributed by atoms with Gasteiger partial charge in [-0.2, -0.15) is 0 Å². The summed E-state index contributed by atoms with van der Waals surface area (Å²) in [6.07, 6.45) is 1.69. The van der Waals surface area contributed by atoms with Crippen molar-refractivity contribution in [3.63, 3.8) is 0 Å². The molecule has 1 N–H and O–H groups in total. The molecule has 0 fully saturated rings. The molecule has 86 valence electrons. The summed E-state index contributed by atoms with van der Waals surface area (Å²) in [6.45, 7) is 4.23. The first-order valence-electron chi connectivity index (χ1n) is 5.21. The van der Waals surface area contributed by atoms with Crippen LogP contribution in [0, 0.1) is 0 Å². The van der Waals surface area contributed by atoms with Crippen molar-refractivity contribution in [2.45, 2.75) is 25.9 Å². The van der Waals surface area contributed by atoms with Gasteiger partial charge in [-0.15, -0.1) is 11.3 Å². The molecule has 2 aromatic heterocycles. The second kappa shape index (κ2) is 5.04. The Morgan fingerprint density at radius 3 is 2.62 bits per heavy atom. The van der Waals surface area contributed by atoms with Crippen molar-refractivity contribution in [3.05, 3.63) is 45.5 Å². The average Bonchev–Trinajstić information content (AvgIpc) is 2.84. The van der Waals surface area contributed by atoms with Crippen LogP contribution in [0.1, 0.15) is 30.5 Å². The topological polar surface area (TPSA) is 25.2 Å². The molecule has 0 aliphatic rings. The Bertz CT molecular complexity index is 436. The highest BCUT2D eigenvalue weighted by molar-refractivity contribution is 7.16. The maximum atomic E-state index is 5.96. The Morgan fingerprint density at radius 2 is 2.12 bits per heavy atom. The zero-order valence-electron chi connectivity index (χ0n) is 9.24. The number of halogens is 1. The summed E-state index contributed by atoms with van der Waals surface area (Å²) in [7, 11) is 0. The maximum absolute atomic E-state index is 5.96. The predicted molar refractivity (Wildman–Crippen MR) is 68.2 cm³/mol. The van der Waals surface area contributed by atoms with Crippen LogP contribution in [-0.4, -0.2) is 6.04 Å². The summed E-state index contributed by atoms with van der Waals surface area (Å²) in [5, 5.41) is 3.47. The lowest BCUT2D eigenvalue weighted by Gasteiger charge is -2.17. The molecule has 0 spiro atoms. The fourth-order valence-electron chi connectivity index (χ4n) is 1.58. The molecular weight excluding hydrogens is 242 g/mol. The number of hydrogen-bond acceptors (Lipinski definition) is 3. The molecule has 0 aromatic carbocycles. The van der Waals surface area contributed by atoms with Gasteiger partial charge in [-0.3, -0.25) is 0 Å². The van der Waals surface area contributed by atoms with E-state index in [2.05, 4.69) is 19.2 Å². The minimum absolute atomic E-state index is 0.0903. The Morgan fingerprint density at radius 1 is 1.31 bits per heavy atom. The van der Waals surface area contributed by atoms with Gasteiger partial charge >= 0.3 is 0 Å². The van der Waals surface area contributed by atoms with E-state index in [9.17, 15) is 0 Å². The van der Waals surface area contributed by atoms with Gasteiger partial charge in [0.25, 0.3) is 0 Å². The molecule has 2 heterocycles. The smallest absolute Gasteiger partial charge is 0.126 e. The lowest BCUT2D eigenvalue weighted by atomic mass is 10.1. The molecule has 1 atom stereocenters. The summed E-state index contributed by atoms with van der Waals surface area (Å²) >= 11 is 7.54. The van der Waals surface area contributed by atoms with E-state index in [1.54, 1.807) is 17.6 Å². The van der Waals surface area contributed by atoms with Crippen LogP contribution >= 0.6 is 22.9 Å². The third-order valence-corrected chi connectivity index (χ3v) is 3.50. The molecular formula is C12H14ClNOS. The van der Waals surface area contributed by atoms with Gasteiger partial charge in [-0.05, 0) is 38.1 Å². The second-order valence-electron chi connectivity index (χ2n) is 3.91. The van der Waals surface area contributed by atoms with Crippen molar-refractivity contribution in [2.75, 3.05) is 0 Å². The molecule has 1 unspecified atom stereocenters. The Kier molecular flexibility index (Phi) is 3.69.